The Morgan fingerprint density at radius 1 is 1.10 bits per heavy atom. The van der Waals surface area contributed by atoms with E-state index < -0.39 is 14.4 Å². The predicted molar refractivity (Wildman–Crippen MR) is 88.5 cm³/mol. The molecule has 0 bridgehead atoms. The normalized spacial score (nSPS) is 16.4. The number of ether oxygens (including phenoxy) is 1. The van der Waals surface area contributed by atoms with Crippen molar-refractivity contribution >= 4 is 8.32 Å². The molecule has 118 valence electrons. The van der Waals surface area contributed by atoms with E-state index in [-0.39, 0.29) is 12.2 Å². The summed E-state index contributed by atoms with van der Waals surface area (Å²) in [4.78, 5) is 0. The van der Waals surface area contributed by atoms with E-state index in [1.165, 1.54) is 0 Å². The minimum atomic E-state index is -1.69. The molecule has 0 rings (SSSR count). The van der Waals surface area contributed by atoms with E-state index in [9.17, 15) is 5.11 Å². The molecular weight excluding hydrogens is 268 g/mol. The highest BCUT2D eigenvalue weighted by Crippen LogP contribution is 2.26. The quantitative estimate of drug-likeness (QED) is 0.439. The zero-order chi connectivity index (χ0) is 15.6. The van der Waals surface area contributed by atoms with Gasteiger partial charge in [-0.25, -0.2) is 0 Å². The van der Waals surface area contributed by atoms with E-state index in [2.05, 4.69) is 33.9 Å². The molecule has 3 nitrogen and oxygen atoms in total. The third-order valence-electron chi connectivity index (χ3n) is 4.03. The smallest absolute Gasteiger partial charge is 0.192 e. The van der Waals surface area contributed by atoms with Crippen molar-refractivity contribution in [1.29, 1.82) is 0 Å². The fourth-order valence-electron chi connectivity index (χ4n) is 2.50. The van der Waals surface area contributed by atoms with Crippen LogP contribution in [0.5, 0.6) is 0 Å². The Labute approximate surface area is 125 Å². The molecule has 0 radical (unpaired) electrons. The maximum atomic E-state index is 10.2. The van der Waals surface area contributed by atoms with E-state index in [0.29, 0.717) is 13.0 Å². The molecule has 0 fully saturated rings. The Kier molecular flexibility index (Phi) is 10.1. The molecule has 20 heavy (non-hydrogen) atoms. The highest BCUT2D eigenvalue weighted by atomic mass is 28.4. The first-order valence-electron chi connectivity index (χ1n) is 7.69. The zero-order valence-corrected chi connectivity index (χ0v) is 14.6. The van der Waals surface area contributed by atoms with Crippen LogP contribution in [0.3, 0.4) is 0 Å². The Hall–Kier alpha value is -0.423. The fraction of sp³-hybridized carbons (Fsp3) is 0.750. The van der Waals surface area contributed by atoms with Crippen LogP contribution in [0.4, 0.5) is 0 Å². The molecular formula is C16H32O3Si. The van der Waals surface area contributed by atoms with E-state index in [4.69, 9.17) is 9.16 Å². The molecule has 0 aliphatic carbocycles. The summed E-state index contributed by atoms with van der Waals surface area (Å²) >= 11 is 0. The number of hydrogen-bond acceptors (Lipinski definition) is 3. The lowest BCUT2D eigenvalue weighted by molar-refractivity contribution is -0.0797. The monoisotopic (exact) mass is 300 g/mol. The third kappa shape index (κ3) is 5.91. The molecule has 0 amide bonds. The number of rotatable bonds is 12. The lowest BCUT2D eigenvalue weighted by Crippen LogP contribution is -2.47. The van der Waals surface area contributed by atoms with Gasteiger partial charge in [-0.1, -0.05) is 32.9 Å². The van der Waals surface area contributed by atoms with Crippen LogP contribution in [0.25, 0.3) is 0 Å². The van der Waals surface area contributed by atoms with Crippen molar-refractivity contribution < 1.29 is 14.3 Å². The minimum absolute atomic E-state index is 0.114. The molecule has 0 heterocycles. The largest absolute Gasteiger partial charge is 0.411 e. The van der Waals surface area contributed by atoms with E-state index >= 15 is 0 Å². The molecule has 0 saturated carbocycles. The van der Waals surface area contributed by atoms with Gasteiger partial charge in [-0.15, -0.1) is 13.2 Å². The summed E-state index contributed by atoms with van der Waals surface area (Å²) in [5.41, 5.74) is 0. The molecule has 3 atom stereocenters. The van der Waals surface area contributed by atoms with Crippen LogP contribution in [0.15, 0.2) is 25.3 Å². The fourth-order valence-corrected chi connectivity index (χ4v) is 5.43. The summed E-state index contributed by atoms with van der Waals surface area (Å²) < 4.78 is 12.1. The van der Waals surface area contributed by atoms with Crippen molar-refractivity contribution in [1.82, 2.24) is 0 Å². The van der Waals surface area contributed by atoms with Gasteiger partial charge >= 0.3 is 0 Å². The van der Waals surface area contributed by atoms with Gasteiger partial charge in [-0.05, 0) is 31.5 Å². The second kappa shape index (κ2) is 10.3. The molecule has 0 aromatic heterocycles. The first kappa shape index (κ1) is 19.6. The van der Waals surface area contributed by atoms with Gasteiger partial charge < -0.3 is 14.3 Å². The molecule has 0 aliphatic heterocycles. The van der Waals surface area contributed by atoms with Crippen molar-refractivity contribution in [2.24, 2.45) is 0 Å². The molecule has 0 spiro atoms. The van der Waals surface area contributed by atoms with E-state index in [1.807, 2.05) is 6.92 Å². The Morgan fingerprint density at radius 3 is 2.05 bits per heavy atom. The van der Waals surface area contributed by atoms with Gasteiger partial charge in [-0.2, -0.15) is 0 Å². The Balaban J connectivity index is 4.86. The highest BCUT2D eigenvalue weighted by Gasteiger charge is 2.35. The Bertz CT molecular complexity index is 269. The van der Waals surface area contributed by atoms with E-state index in [1.54, 1.807) is 12.2 Å². The molecule has 1 N–H and O–H groups in total. The average Bonchev–Trinajstić information content (AvgIpc) is 2.45. The number of aliphatic hydroxyl groups is 1. The predicted octanol–water partition coefficient (Wildman–Crippen LogP) is 3.90. The summed E-state index contributed by atoms with van der Waals surface area (Å²) in [6, 6.07) is 3.28. The minimum Gasteiger partial charge on any atom is -0.411 e. The second-order valence-corrected chi connectivity index (χ2v) is 9.97. The second-order valence-electron chi connectivity index (χ2n) is 5.24. The lowest BCUT2D eigenvalue weighted by atomic mass is 10.1. The lowest BCUT2D eigenvalue weighted by Gasteiger charge is -2.36. The summed E-state index contributed by atoms with van der Waals surface area (Å²) in [6.45, 7) is 16.4. The van der Waals surface area contributed by atoms with Crippen LogP contribution < -0.4 is 0 Å². The molecule has 0 aromatic carbocycles. The van der Waals surface area contributed by atoms with Gasteiger partial charge in [0.25, 0.3) is 0 Å². The number of aliphatic hydroxyl groups excluding tert-OH is 1. The van der Waals surface area contributed by atoms with Crippen LogP contribution >= 0.6 is 0 Å². The van der Waals surface area contributed by atoms with Gasteiger partial charge in [0.1, 0.15) is 6.10 Å². The standard InChI is InChI=1S/C16H32O3Si/c1-7-12-15(17)16(18-13-8-2)14(6)19-20(9-3,10-4)11-5/h7-8,14-17H,1-2,9-13H2,3-6H3/t14-,15-,16-/m1/s1. The first-order valence-corrected chi connectivity index (χ1v) is 10.2. The van der Waals surface area contributed by atoms with Gasteiger partial charge in [0, 0.05) is 0 Å². The van der Waals surface area contributed by atoms with Gasteiger partial charge in [0.2, 0.25) is 0 Å². The van der Waals surface area contributed by atoms with Crippen molar-refractivity contribution in [3.05, 3.63) is 25.3 Å². The summed E-state index contributed by atoms with van der Waals surface area (Å²) in [5.74, 6) is 0. The number of hydrogen-bond donors (Lipinski definition) is 1. The van der Waals surface area contributed by atoms with Crippen LogP contribution in [-0.4, -0.2) is 38.3 Å². The van der Waals surface area contributed by atoms with Gasteiger partial charge in [0.15, 0.2) is 8.32 Å². The molecule has 4 heteroatoms. The highest BCUT2D eigenvalue weighted by molar-refractivity contribution is 6.73. The Morgan fingerprint density at radius 2 is 1.65 bits per heavy atom. The molecule has 0 aliphatic rings. The maximum Gasteiger partial charge on any atom is 0.192 e. The van der Waals surface area contributed by atoms with Crippen LogP contribution in [0, 0.1) is 0 Å². The van der Waals surface area contributed by atoms with Gasteiger partial charge in [0.05, 0.1) is 18.8 Å². The molecule has 0 saturated heterocycles. The third-order valence-corrected chi connectivity index (χ3v) is 8.76. The summed E-state index contributed by atoms with van der Waals surface area (Å²) in [6.07, 6.45) is 2.89. The topological polar surface area (TPSA) is 38.7 Å². The van der Waals surface area contributed by atoms with Crippen LogP contribution in [0.2, 0.25) is 18.1 Å². The average molecular weight is 301 g/mol. The molecule has 0 aromatic rings. The van der Waals surface area contributed by atoms with Crippen LogP contribution in [0.1, 0.15) is 34.1 Å². The van der Waals surface area contributed by atoms with Crippen molar-refractivity contribution in [3.8, 4) is 0 Å². The van der Waals surface area contributed by atoms with Gasteiger partial charge in [-0.3, -0.25) is 0 Å². The van der Waals surface area contributed by atoms with Crippen molar-refractivity contribution in [2.45, 2.75) is 70.6 Å². The van der Waals surface area contributed by atoms with Crippen molar-refractivity contribution in [3.63, 3.8) is 0 Å². The summed E-state index contributed by atoms with van der Waals surface area (Å²) in [7, 11) is -1.69. The zero-order valence-electron chi connectivity index (χ0n) is 13.6. The summed E-state index contributed by atoms with van der Waals surface area (Å²) in [5, 5.41) is 10.2. The molecule has 0 unspecified atom stereocenters. The SMILES string of the molecule is C=CCO[C@@H]([C@H](O)CC=C)[C@@H](C)O[Si](CC)(CC)CC. The maximum absolute atomic E-state index is 10.2. The first-order chi connectivity index (χ1) is 9.50. The van der Waals surface area contributed by atoms with Crippen molar-refractivity contribution in [2.75, 3.05) is 6.61 Å². The van der Waals surface area contributed by atoms with E-state index in [0.717, 1.165) is 18.1 Å². The van der Waals surface area contributed by atoms with Crippen LogP contribution in [-0.2, 0) is 9.16 Å².